The maximum Gasteiger partial charge on any atom is 0.124 e. The van der Waals surface area contributed by atoms with Gasteiger partial charge in [-0.1, -0.05) is 25.0 Å². The highest BCUT2D eigenvalue weighted by atomic mass is 16.5. The first-order chi connectivity index (χ1) is 8.66. The van der Waals surface area contributed by atoms with Gasteiger partial charge in [-0.05, 0) is 43.9 Å². The molecule has 3 heteroatoms. The van der Waals surface area contributed by atoms with Gasteiger partial charge in [-0.25, -0.2) is 0 Å². The van der Waals surface area contributed by atoms with Crippen LogP contribution in [0.25, 0.3) is 0 Å². The number of aliphatic hydroxyl groups excluding tert-OH is 2. The van der Waals surface area contributed by atoms with E-state index in [9.17, 15) is 10.2 Å². The Bertz CT molecular complexity index is 376. The third-order valence-corrected chi connectivity index (χ3v) is 3.55. The van der Waals surface area contributed by atoms with E-state index < -0.39 is 6.10 Å². The zero-order chi connectivity index (χ0) is 13.0. The van der Waals surface area contributed by atoms with Gasteiger partial charge in [-0.15, -0.1) is 0 Å². The molecule has 2 unspecified atom stereocenters. The van der Waals surface area contributed by atoms with Gasteiger partial charge in [-0.2, -0.15) is 0 Å². The van der Waals surface area contributed by atoms with Crippen molar-refractivity contribution in [3.05, 3.63) is 29.8 Å². The predicted molar refractivity (Wildman–Crippen MR) is 70.6 cm³/mol. The van der Waals surface area contributed by atoms with E-state index in [1.54, 1.807) is 6.92 Å². The average Bonchev–Trinajstić information content (AvgIpc) is 2.55. The molecular weight excluding hydrogens is 228 g/mol. The van der Waals surface area contributed by atoms with Crippen molar-refractivity contribution >= 4 is 0 Å². The highest BCUT2D eigenvalue weighted by molar-refractivity contribution is 5.29. The molecule has 0 heterocycles. The van der Waals surface area contributed by atoms with Crippen LogP contribution in [0.3, 0.4) is 0 Å². The van der Waals surface area contributed by atoms with E-state index in [-0.39, 0.29) is 12.2 Å². The summed E-state index contributed by atoms with van der Waals surface area (Å²) in [6, 6.07) is 7.48. The van der Waals surface area contributed by atoms with Gasteiger partial charge in [0, 0.05) is 0 Å². The highest BCUT2D eigenvalue weighted by Crippen LogP contribution is 2.25. The lowest BCUT2D eigenvalue weighted by Gasteiger charge is -2.22. The van der Waals surface area contributed by atoms with Crippen LogP contribution in [0.2, 0.25) is 0 Å². The van der Waals surface area contributed by atoms with Gasteiger partial charge < -0.3 is 14.9 Å². The fourth-order valence-electron chi connectivity index (χ4n) is 2.41. The van der Waals surface area contributed by atoms with Crippen LogP contribution < -0.4 is 4.74 Å². The summed E-state index contributed by atoms with van der Waals surface area (Å²) in [6.45, 7) is 1.74. The minimum Gasteiger partial charge on any atom is -0.488 e. The highest BCUT2D eigenvalue weighted by Gasteiger charge is 2.23. The van der Waals surface area contributed by atoms with E-state index in [0.717, 1.165) is 37.0 Å². The van der Waals surface area contributed by atoms with Crippen molar-refractivity contribution in [1.82, 2.24) is 0 Å². The molecule has 1 saturated carbocycles. The SMILES string of the molecule is C[C@H](O)c1cccc(OC2CCCCCC2O)c1. The summed E-state index contributed by atoms with van der Waals surface area (Å²) in [5.74, 6) is 0.736. The maximum absolute atomic E-state index is 10.0. The molecule has 18 heavy (non-hydrogen) atoms. The van der Waals surface area contributed by atoms with Crippen LogP contribution in [-0.4, -0.2) is 22.4 Å². The second-order valence-corrected chi connectivity index (χ2v) is 5.11. The predicted octanol–water partition coefficient (Wildman–Crippen LogP) is 2.81. The van der Waals surface area contributed by atoms with Crippen LogP contribution in [0.15, 0.2) is 24.3 Å². The Morgan fingerprint density at radius 3 is 2.78 bits per heavy atom. The third kappa shape index (κ3) is 3.47. The van der Waals surface area contributed by atoms with Crippen molar-refractivity contribution in [2.45, 2.75) is 57.3 Å². The van der Waals surface area contributed by atoms with Crippen LogP contribution in [-0.2, 0) is 0 Å². The molecule has 100 valence electrons. The molecular formula is C15H22O3. The largest absolute Gasteiger partial charge is 0.488 e. The minimum atomic E-state index is -0.493. The fraction of sp³-hybridized carbons (Fsp3) is 0.600. The van der Waals surface area contributed by atoms with Crippen molar-refractivity contribution in [3.63, 3.8) is 0 Å². The molecule has 3 atom stereocenters. The quantitative estimate of drug-likeness (QED) is 0.811. The van der Waals surface area contributed by atoms with Crippen molar-refractivity contribution in [1.29, 1.82) is 0 Å². The van der Waals surface area contributed by atoms with Crippen molar-refractivity contribution in [2.75, 3.05) is 0 Å². The van der Waals surface area contributed by atoms with Gasteiger partial charge >= 0.3 is 0 Å². The number of hydrogen-bond donors (Lipinski definition) is 2. The maximum atomic E-state index is 10.0. The first-order valence-electron chi connectivity index (χ1n) is 6.79. The van der Waals surface area contributed by atoms with Crippen molar-refractivity contribution < 1.29 is 14.9 Å². The standard InChI is InChI=1S/C15H22O3/c1-11(16)12-6-5-7-13(10-12)18-15-9-4-2-3-8-14(15)17/h5-7,10-11,14-17H,2-4,8-9H2,1H3/t11-,14?,15?/m0/s1. The Hall–Kier alpha value is -1.06. The van der Waals surface area contributed by atoms with E-state index in [1.807, 2.05) is 24.3 Å². The molecule has 1 aliphatic carbocycles. The summed E-state index contributed by atoms with van der Waals surface area (Å²) in [5.41, 5.74) is 0.843. The third-order valence-electron chi connectivity index (χ3n) is 3.55. The van der Waals surface area contributed by atoms with Crippen LogP contribution in [0.1, 0.15) is 50.7 Å². The smallest absolute Gasteiger partial charge is 0.124 e. The number of rotatable bonds is 3. The monoisotopic (exact) mass is 250 g/mol. The zero-order valence-electron chi connectivity index (χ0n) is 10.9. The molecule has 1 aliphatic rings. The molecule has 3 nitrogen and oxygen atoms in total. The first kappa shape index (κ1) is 13.4. The Morgan fingerprint density at radius 1 is 1.22 bits per heavy atom. The van der Waals surface area contributed by atoms with Crippen molar-refractivity contribution in [3.8, 4) is 5.75 Å². The number of ether oxygens (including phenoxy) is 1. The van der Waals surface area contributed by atoms with Crippen LogP contribution >= 0.6 is 0 Å². The lowest BCUT2D eigenvalue weighted by Crippen LogP contribution is -2.30. The Kier molecular flexibility index (Phi) is 4.61. The molecule has 0 spiro atoms. The van der Waals surface area contributed by atoms with E-state index >= 15 is 0 Å². The van der Waals surface area contributed by atoms with Crippen LogP contribution in [0.5, 0.6) is 5.75 Å². The van der Waals surface area contributed by atoms with E-state index in [4.69, 9.17) is 4.74 Å². The molecule has 0 aromatic heterocycles. The summed E-state index contributed by atoms with van der Waals surface area (Å²) in [4.78, 5) is 0. The number of hydrogen-bond acceptors (Lipinski definition) is 3. The fourth-order valence-corrected chi connectivity index (χ4v) is 2.41. The van der Waals surface area contributed by atoms with Crippen LogP contribution in [0, 0.1) is 0 Å². The number of aliphatic hydroxyl groups is 2. The summed E-state index contributed by atoms with van der Waals surface area (Å²) < 4.78 is 5.88. The molecule has 2 rings (SSSR count). The topological polar surface area (TPSA) is 49.7 Å². The lowest BCUT2D eigenvalue weighted by atomic mass is 10.1. The second-order valence-electron chi connectivity index (χ2n) is 5.11. The van der Waals surface area contributed by atoms with Crippen molar-refractivity contribution in [2.24, 2.45) is 0 Å². The molecule has 1 aromatic rings. The Balaban J connectivity index is 2.05. The summed E-state index contributed by atoms with van der Waals surface area (Å²) in [7, 11) is 0. The molecule has 0 bridgehead atoms. The summed E-state index contributed by atoms with van der Waals surface area (Å²) in [5, 5.41) is 19.6. The number of benzene rings is 1. The summed E-state index contributed by atoms with van der Waals surface area (Å²) in [6.07, 6.45) is 4.10. The molecule has 0 saturated heterocycles. The van der Waals surface area contributed by atoms with Gasteiger partial charge in [0.2, 0.25) is 0 Å². The van der Waals surface area contributed by atoms with Gasteiger partial charge in [-0.3, -0.25) is 0 Å². The summed E-state index contributed by atoms with van der Waals surface area (Å²) >= 11 is 0. The van der Waals surface area contributed by atoms with E-state index in [1.165, 1.54) is 6.42 Å². The van der Waals surface area contributed by atoms with E-state index in [0.29, 0.717) is 0 Å². The molecule has 0 aliphatic heterocycles. The second kappa shape index (κ2) is 6.21. The lowest BCUT2D eigenvalue weighted by molar-refractivity contribution is 0.0318. The molecule has 1 aromatic carbocycles. The molecule has 0 radical (unpaired) electrons. The first-order valence-corrected chi connectivity index (χ1v) is 6.79. The normalized spacial score (nSPS) is 26.4. The zero-order valence-corrected chi connectivity index (χ0v) is 10.9. The van der Waals surface area contributed by atoms with Gasteiger partial charge in [0.1, 0.15) is 11.9 Å². The Morgan fingerprint density at radius 2 is 2.00 bits per heavy atom. The van der Waals surface area contributed by atoms with Gasteiger partial charge in [0.05, 0.1) is 12.2 Å². The van der Waals surface area contributed by atoms with Gasteiger partial charge in [0.15, 0.2) is 0 Å². The van der Waals surface area contributed by atoms with Gasteiger partial charge in [0.25, 0.3) is 0 Å². The van der Waals surface area contributed by atoms with E-state index in [2.05, 4.69) is 0 Å². The van der Waals surface area contributed by atoms with Crippen LogP contribution in [0.4, 0.5) is 0 Å². The molecule has 2 N–H and O–H groups in total. The minimum absolute atomic E-state index is 0.114. The average molecular weight is 250 g/mol. The Labute approximate surface area is 108 Å². The molecule has 1 fully saturated rings. The molecule has 0 amide bonds.